The SMILES string of the molecule is COCc1cccc(Oc2nnc(C)c(C)c2C(=N)N)c1. The van der Waals surface area contributed by atoms with E-state index in [1.165, 1.54) is 0 Å². The minimum absolute atomic E-state index is 0.0893. The molecular formula is C15H18N4O2. The van der Waals surface area contributed by atoms with Crippen LogP contribution in [-0.4, -0.2) is 23.1 Å². The molecule has 6 heteroatoms. The van der Waals surface area contributed by atoms with Crippen molar-refractivity contribution in [2.45, 2.75) is 20.5 Å². The Kier molecular flexibility index (Phi) is 4.49. The van der Waals surface area contributed by atoms with Crippen molar-refractivity contribution in [1.29, 1.82) is 5.41 Å². The van der Waals surface area contributed by atoms with Gasteiger partial charge in [0, 0.05) is 7.11 Å². The van der Waals surface area contributed by atoms with E-state index in [9.17, 15) is 0 Å². The van der Waals surface area contributed by atoms with E-state index in [1.54, 1.807) is 13.2 Å². The largest absolute Gasteiger partial charge is 0.437 e. The molecule has 0 bridgehead atoms. The van der Waals surface area contributed by atoms with Crippen molar-refractivity contribution in [2.24, 2.45) is 5.73 Å². The van der Waals surface area contributed by atoms with Crippen LogP contribution in [0.4, 0.5) is 0 Å². The van der Waals surface area contributed by atoms with Crippen molar-refractivity contribution in [2.75, 3.05) is 7.11 Å². The minimum atomic E-state index is -0.0893. The fraction of sp³-hybridized carbons (Fsp3) is 0.267. The fourth-order valence-electron chi connectivity index (χ4n) is 1.95. The molecule has 0 atom stereocenters. The second-order valence-electron chi connectivity index (χ2n) is 4.69. The topological polar surface area (TPSA) is 94.1 Å². The van der Waals surface area contributed by atoms with Gasteiger partial charge in [-0.05, 0) is 37.1 Å². The Bertz CT molecular complexity index is 671. The monoisotopic (exact) mass is 286 g/mol. The van der Waals surface area contributed by atoms with Crippen LogP contribution in [0.2, 0.25) is 0 Å². The maximum absolute atomic E-state index is 7.70. The zero-order valence-corrected chi connectivity index (χ0v) is 12.3. The highest BCUT2D eigenvalue weighted by Crippen LogP contribution is 2.26. The molecule has 0 aliphatic carbocycles. The fourth-order valence-corrected chi connectivity index (χ4v) is 1.95. The van der Waals surface area contributed by atoms with Crippen molar-refractivity contribution in [1.82, 2.24) is 10.2 Å². The van der Waals surface area contributed by atoms with Crippen molar-refractivity contribution >= 4 is 5.84 Å². The molecule has 0 saturated heterocycles. The van der Waals surface area contributed by atoms with Crippen LogP contribution in [0.3, 0.4) is 0 Å². The number of hydrogen-bond donors (Lipinski definition) is 2. The normalized spacial score (nSPS) is 10.4. The zero-order valence-electron chi connectivity index (χ0n) is 12.3. The Morgan fingerprint density at radius 3 is 2.71 bits per heavy atom. The van der Waals surface area contributed by atoms with Crippen LogP contribution in [0, 0.1) is 19.3 Å². The number of nitrogen functional groups attached to an aromatic ring is 1. The smallest absolute Gasteiger partial charge is 0.250 e. The first-order chi connectivity index (χ1) is 10.0. The predicted octanol–water partition coefficient (Wildman–Crippen LogP) is 2.32. The molecule has 0 fully saturated rings. The van der Waals surface area contributed by atoms with Gasteiger partial charge >= 0.3 is 0 Å². The van der Waals surface area contributed by atoms with Gasteiger partial charge in [0.25, 0.3) is 0 Å². The maximum atomic E-state index is 7.70. The van der Waals surface area contributed by atoms with Gasteiger partial charge in [-0.3, -0.25) is 5.41 Å². The number of aryl methyl sites for hydroxylation is 1. The van der Waals surface area contributed by atoms with Gasteiger partial charge in [0.05, 0.1) is 17.9 Å². The number of hydrogen-bond acceptors (Lipinski definition) is 5. The van der Waals surface area contributed by atoms with Gasteiger partial charge in [-0.25, -0.2) is 0 Å². The van der Waals surface area contributed by atoms with Gasteiger partial charge in [0.2, 0.25) is 5.88 Å². The number of benzene rings is 1. The van der Waals surface area contributed by atoms with E-state index in [1.807, 2.05) is 32.0 Å². The first kappa shape index (κ1) is 14.9. The third-order valence-corrected chi connectivity index (χ3v) is 3.12. The second kappa shape index (κ2) is 6.32. The highest BCUT2D eigenvalue weighted by atomic mass is 16.5. The van der Waals surface area contributed by atoms with E-state index in [2.05, 4.69) is 10.2 Å². The summed E-state index contributed by atoms with van der Waals surface area (Å²) in [6.07, 6.45) is 0. The molecule has 0 unspecified atom stereocenters. The zero-order chi connectivity index (χ0) is 15.4. The summed E-state index contributed by atoms with van der Waals surface area (Å²) in [6, 6.07) is 7.46. The Morgan fingerprint density at radius 1 is 1.29 bits per heavy atom. The summed E-state index contributed by atoms with van der Waals surface area (Å²) >= 11 is 0. The number of methoxy groups -OCH3 is 1. The second-order valence-corrected chi connectivity index (χ2v) is 4.69. The quantitative estimate of drug-likeness (QED) is 0.649. The van der Waals surface area contributed by atoms with Crippen LogP contribution in [0.1, 0.15) is 22.4 Å². The van der Waals surface area contributed by atoms with Crippen LogP contribution in [0.5, 0.6) is 11.6 Å². The van der Waals surface area contributed by atoms with Crippen LogP contribution >= 0.6 is 0 Å². The first-order valence-corrected chi connectivity index (χ1v) is 6.47. The van der Waals surface area contributed by atoms with Crippen LogP contribution in [-0.2, 0) is 11.3 Å². The van der Waals surface area contributed by atoms with Gasteiger partial charge in [0.1, 0.15) is 11.6 Å². The summed E-state index contributed by atoms with van der Waals surface area (Å²) < 4.78 is 10.8. The highest BCUT2D eigenvalue weighted by Gasteiger charge is 2.15. The highest BCUT2D eigenvalue weighted by molar-refractivity contribution is 5.98. The van der Waals surface area contributed by atoms with Gasteiger partial charge in [-0.15, -0.1) is 5.10 Å². The lowest BCUT2D eigenvalue weighted by Crippen LogP contribution is -2.16. The summed E-state index contributed by atoms with van der Waals surface area (Å²) in [4.78, 5) is 0. The lowest BCUT2D eigenvalue weighted by molar-refractivity contribution is 0.184. The molecule has 0 radical (unpaired) electrons. The standard InChI is InChI=1S/C15H18N4O2/c1-9-10(2)18-19-15(13(9)14(16)17)21-12-6-4-5-11(7-12)8-20-3/h4-7H,8H2,1-3H3,(H3,16,17). The Labute approximate surface area is 123 Å². The van der Waals surface area contributed by atoms with Crippen molar-refractivity contribution in [3.05, 3.63) is 46.6 Å². The summed E-state index contributed by atoms with van der Waals surface area (Å²) in [5, 5.41) is 15.7. The molecule has 0 aliphatic rings. The third kappa shape index (κ3) is 3.35. The molecule has 21 heavy (non-hydrogen) atoms. The van der Waals surface area contributed by atoms with Gasteiger partial charge in [0.15, 0.2) is 0 Å². The summed E-state index contributed by atoms with van der Waals surface area (Å²) in [5.74, 6) is 0.748. The molecule has 1 aromatic heterocycles. The molecule has 110 valence electrons. The van der Waals surface area contributed by atoms with E-state index >= 15 is 0 Å². The summed E-state index contributed by atoms with van der Waals surface area (Å²) in [7, 11) is 1.64. The van der Waals surface area contributed by atoms with Crippen LogP contribution in [0.15, 0.2) is 24.3 Å². The molecule has 3 N–H and O–H groups in total. The van der Waals surface area contributed by atoms with E-state index < -0.39 is 0 Å². The van der Waals surface area contributed by atoms with E-state index in [4.69, 9.17) is 20.6 Å². The van der Waals surface area contributed by atoms with Crippen molar-refractivity contribution in [3.8, 4) is 11.6 Å². The lowest BCUT2D eigenvalue weighted by atomic mass is 10.1. The van der Waals surface area contributed by atoms with E-state index in [0.29, 0.717) is 17.9 Å². The van der Waals surface area contributed by atoms with Crippen molar-refractivity contribution < 1.29 is 9.47 Å². The number of amidine groups is 1. The van der Waals surface area contributed by atoms with Gasteiger partial charge < -0.3 is 15.2 Å². The third-order valence-electron chi connectivity index (χ3n) is 3.12. The molecule has 0 amide bonds. The molecule has 1 aromatic carbocycles. The van der Waals surface area contributed by atoms with E-state index in [-0.39, 0.29) is 11.7 Å². The molecule has 1 heterocycles. The maximum Gasteiger partial charge on any atom is 0.250 e. The van der Waals surface area contributed by atoms with Crippen LogP contribution < -0.4 is 10.5 Å². The lowest BCUT2D eigenvalue weighted by Gasteiger charge is -2.12. The van der Waals surface area contributed by atoms with Crippen molar-refractivity contribution in [3.63, 3.8) is 0 Å². The number of aromatic nitrogens is 2. The number of rotatable bonds is 5. The average Bonchev–Trinajstić information content (AvgIpc) is 2.43. The molecule has 0 saturated carbocycles. The number of nitrogens with one attached hydrogen (secondary N) is 1. The van der Waals surface area contributed by atoms with Crippen LogP contribution in [0.25, 0.3) is 0 Å². The average molecular weight is 286 g/mol. The number of nitrogens with zero attached hydrogens (tertiary/aromatic N) is 2. The molecule has 2 rings (SSSR count). The molecule has 0 spiro atoms. The molecule has 6 nitrogen and oxygen atoms in total. The Hall–Kier alpha value is -2.47. The number of nitrogens with two attached hydrogens (primary N) is 1. The Balaban J connectivity index is 2.37. The first-order valence-electron chi connectivity index (χ1n) is 6.47. The summed E-state index contributed by atoms with van der Waals surface area (Å²) in [5.41, 5.74) is 8.60. The Morgan fingerprint density at radius 2 is 2.05 bits per heavy atom. The van der Waals surface area contributed by atoms with Gasteiger partial charge in [-0.1, -0.05) is 12.1 Å². The summed E-state index contributed by atoms with van der Waals surface area (Å²) in [6.45, 7) is 4.15. The predicted molar refractivity (Wildman–Crippen MR) is 79.8 cm³/mol. The minimum Gasteiger partial charge on any atom is -0.437 e. The molecule has 0 aliphatic heterocycles. The van der Waals surface area contributed by atoms with E-state index in [0.717, 1.165) is 16.8 Å². The molecule has 2 aromatic rings. The molecular weight excluding hydrogens is 268 g/mol. The van der Waals surface area contributed by atoms with Gasteiger partial charge in [-0.2, -0.15) is 5.10 Å². The number of ether oxygens (including phenoxy) is 2.